The average molecular weight is 457 g/mol. The number of anilines is 2. The van der Waals surface area contributed by atoms with E-state index in [-0.39, 0.29) is 23.3 Å². The summed E-state index contributed by atoms with van der Waals surface area (Å²) in [6, 6.07) is 10.8. The molecule has 0 aliphatic heterocycles. The number of urea groups is 1. The summed E-state index contributed by atoms with van der Waals surface area (Å²) >= 11 is 1.26. The molecule has 2 N–H and O–H groups in total. The number of rotatable bonds is 7. The summed E-state index contributed by atoms with van der Waals surface area (Å²) in [5, 5.41) is 21.8. The molecular formula is C21H24N6O4S. The molecule has 4 rings (SSSR count). The van der Waals surface area contributed by atoms with Gasteiger partial charge in [-0.2, -0.15) is 0 Å². The first-order chi connectivity index (χ1) is 15.6. The number of nitrogens with zero attached hydrogens (tertiary/aromatic N) is 4. The lowest BCUT2D eigenvalue weighted by atomic mass is 9.96. The van der Waals surface area contributed by atoms with Gasteiger partial charge in [0.15, 0.2) is 5.52 Å². The Labute approximate surface area is 189 Å². The minimum atomic E-state index is -0.504. The van der Waals surface area contributed by atoms with Crippen LogP contribution in [0.2, 0.25) is 0 Å². The highest BCUT2D eigenvalue weighted by Crippen LogP contribution is 2.35. The molecule has 32 heavy (non-hydrogen) atoms. The fourth-order valence-electron chi connectivity index (χ4n) is 3.96. The van der Waals surface area contributed by atoms with Crippen molar-refractivity contribution in [2.45, 2.75) is 50.0 Å². The van der Waals surface area contributed by atoms with E-state index in [0.717, 1.165) is 23.4 Å². The third-order valence-electron chi connectivity index (χ3n) is 5.53. The molecule has 0 atom stereocenters. The summed E-state index contributed by atoms with van der Waals surface area (Å²) in [6.45, 7) is 2.58. The first kappa shape index (κ1) is 21.9. The van der Waals surface area contributed by atoms with Crippen molar-refractivity contribution in [3.05, 3.63) is 46.5 Å². The average Bonchev–Trinajstić information content (AvgIpc) is 3.30. The number of non-ortho nitro benzene ring substituents is 1. The summed E-state index contributed by atoms with van der Waals surface area (Å²) in [7, 11) is 0. The largest absolute Gasteiger partial charge is 0.340 e. The smallest absolute Gasteiger partial charge is 0.325 e. The summed E-state index contributed by atoms with van der Waals surface area (Å²) in [5.74, 6) is 0. The van der Waals surface area contributed by atoms with Gasteiger partial charge in [0.25, 0.3) is 0 Å². The standard InChI is InChI=1S/C21H24N6O4S/c1-2-26(17-12-13-18(27(29)30)20-19(17)23-31-24-20)15-8-10-16(11-9-15)32-25-21(28)22-14-6-4-3-5-7-14/h8-14H,2-7H2,1H3,(H2,22,25,28). The van der Waals surface area contributed by atoms with Gasteiger partial charge >= 0.3 is 11.7 Å². The molecule has 2 amide bonds. The van der Waals surface area contributed by atoms with Crippen LogP contribution in [0, 0.1) is 10.1 Å². The normalized spacial score (nSPS) is 14.3. The van der Waals surface area contributed by atoms with Gasteiger partial charge in [-0.1, -0.05) is 19.3 Å². The Hall–Kier alpha value is -3.34. The predicted octanol–water partition coefficient (Wildman–Crippen LogP) is 4.93. The molecule has 0 spiro atoms. The number of aromatic nitrogens is 2. The van der Waals surface area contributed by atoms with Crippen LogP contribution in [0.4, 0.5) is 21.9 Å². The number of nitro benzene ring substituents is 1. The number of carbonyl (C=O) groups is 1. The van der Waals surface area contributed by atoms with Gasteiger partial charge in [0.1, 0.15) is 0 Å². The lowest BCUT2D eigenvalue weighted by Crippen LogP contribution is -2.40. The maximum absolute atomic E-state index is 12.1. The van der Waals surface area contributed by atoms with Crippen molar-refractivity contribution in [3.8, 4) is 0 Å². The summed E-state index contributed by atoms with van der Waals surface area (Å²) in [5.41, 5.74) is 1.85. The second-order valence-corrected chi connectivity index (χ2v) is 8.45. The Morgan fingerprint density at radius 2 is 1.88 bits per heavy atom. The molecule has 10 nitrogen and oxygen atoms in total. The lowest BCUT2D eigenvalue weighted by Gasteiger charge is -2.23. The first-order valence-corrected chi connectivity index (χ1v) is 11.4. The van der Waals surface area contributed by atoms with Crippen molar-refractivity contribution in [1.82, 2.24) is 20.4 Å². The third-order valence-corrected chi connectivity index (χ3v) is 6.32. The van der Waals surface area contributed by atoms with Crippen molar-refractivity contribution in [3.63, 3.8) is 0 Å². The van der Waals surface area contributed by atoms with E-state index in [1.807, 2.05) is 36.1 Å². The zero-order valence-corrected chi connectivity index (χ0v) is 18.4. The topological polar surface area (TPSA) is 126 Å². The van der Waals surface area contributed by atoms with Gasteiger partial charge in [-0.05, 0) is 72.4 Å². The minimum Gasteiger partial charge on any atom is -0.340 e. The number of benzene rings is 2. The number of nitrogens with one attached hydrogen (secondary N) is 2. The Bertz CT molecular complexity index is 1100. The molecular weight excluding hydrogens is 432 g/mol. The minimum absolute atomic E-state index is 0.117. The van der Waals surface area contributed by atoms with Crippen molar-refractivity contribution < 1.29 is 14.3 Å². The third kappa shape index (κ3) is 4.77. The molecule has 0 bridgehead atoms. The SMILES string of the molecule is CCN(c1ccc(SNC(=O)NC2CCCCC2)cc1)c1ccc([N+](=O)[O-])c2nonc12. The Morgan fingerprint density at radius 3 is 2.56 bits per heavy atom. The fraction of sp³-hybridized carbons (Fsp3) is 0.381. The van der Waals surface area contributed by atoms with Gasteiger partial charge < -0.3 is 10.2 Å². The van der Waals surface area contributed by atoms with Crippen LogP contribution in [0.5, 0.6) is 0 Å². The molecule has 1 aliphatic carbocycles. The van der Waals surface area contributed by atoms with Gasteiger partial charge in [-0.3, -0.25) is 14.8 Å². The van der Waals surface area contributed by atoms with E-state index in [1.165, 1.54) is 37.3 Å². The monoisotopic (exact) mass is 456 g/mol. The highest BCUT2D eigenvalue weighted by atomic mass is 32.2. The quantitative estimate of drug-likeness (QED) is 0.291. The molecule has 1 heterocycles. The number of hydrogen-bond acceptors (Lipinski definition) is 8. The van der Waals surface area contributed by atoms with Crippen LogP contribution in [0.3, 0.4) is 0 Å². The van der Waals surface area contributed by atoms with E-state index >= 15 is 0 Å². The van der Waals surface area contributed by atoms with Crippen LogP contribution in [0.1, 0.15) is 39.0 Å². The van der Waals surface area contributed by atoms with Crippen LogP contribution >= 0.6 is 11.9 Å². The predicted molar refractivity (Wildman–Crippen MR) is 122 cm³/mol. The summed E-state index contributed by atoms with van der Waals surface area (Å²) in [4.78, 5) is 25.7. The molecule has 0 radical (unpaired) electrons. The van der Waals surface area contributed by atoms with E-state index < -0.39 is 4.92 Å². The van der Waals surface area contributed by atoms with E-state index in [0.29, 0.717) is 17.7 Å². The highest BCUT2D eigenvalue weighted by Gasteiger charge is 2.22. The zero-order chi connectivity index (χ0) is 22.5. The van der Waals surface area contributed by atoms with Crippen molar-refractivity contribution in [1.29, 1.82) is 0 Å². The molecule has 0 unspecified atom stereocenters. The number of nitro groups is 1. The molecule has 3 aromatic rings. The molecule has 1 aromatic heterocycles. The van der Waals surface area contributed by atoms with Crippen molar-refractivity contribution in [2.75, 3.05) is 11.4 Å². The zero-order valence-electron chi connectivity index (χ0n) is 17.6. The van der Waals surface area contributed by atoms with Gasteiger partial charge in [-0.25, -0.2) is 9.42 Å². The Morgan fingerprint density at radius 1 is 1.16 bits per heavy atom. The number of carbonyl (C=O) groups excluding carboxylic acids is 1. The van der Waals surface area contributed by atoms with Gasteiger partial charge in [0.2, 0.25) is 5.52 Å². The van der Waals surface area contributed by atoms with Crippen LogP contribution in [0.15, 0.2) is 45.9 Å². The number of fused-ring (bicyclic) bond motifs is 1. The van der Waals surface area contributed by atoms with Gasteiger partial charge in [-0.15, -0.1) is 0 Å². The summed E-state index contributed by atoms with van der Waals surface area (Å²) < 4.78 is 7.61. The highest BCUT2D eigenvalue weighted by molar-refractivity contribution is 7.98. The van der Waals surface area contributed by atoms with Crippen molar-refractivity contribution >= 4 is 46.1 Å². The molecule has 11 heteroatoms. The molecule has 1 aliphatic rings. The van der Waals surface area contributed by atoms with E-state index in [4.69, 9.17) is 4.63 Å². The van der Waals surface area contributed by atoms with Gasteiger partial charge in [0.05, 0.1) is 10.6 Å². The number of hydrogen-bond donors (Lipinski definition) is 2. The molecule has 1 fully saturated rings. The number of amides is 2. The maximum Gasteiger partial charge on any atom is 0.325 e. The first-order valence-electron chi connectivity index (χ1n) is 10.6. The van der Waals surface area contributed by atoms with Crippen LogP contribution in [-0.2, 0) is 0 Å². The summed E-state index contributed by atoms with van der Waals surface area (Å²) in [6.07, 6.45) is 5.65. The Kier molecular flexibility index (Phi) is 6.74. The Balaban J connectivity index is 1.44. The van der Waals surface area contributed by atoms with Crippen LogP contribution in [0.25, 0.3) is 11.0 Å². The van der Waals surface area contributed by atoms with Crippen LogP contribution < -0.4 is 14.9 Å². The second-order valence-electron chi connectivity index (χ2n) is 7.57. The fourth-order valence-corrected chi connectivity index (χ4v) is 4.50. The van der Waals surface area contributed by atoms with E-state index in [1.54, 1.807) is 6.07 Å². The van der Waals surface area contributed by atoms with Gasteiger partial charge in [0, 0.05) is 29.2 Å². The van der Waals surface area contributed by atoms with Crippen LogP contribution in [-0.4, -0.2) is 33.9 Å². The second kappa shape index (κ2) is 9.86. The van der Waals surface area contributed by atoms with Crippen molar-refractivity contribution in [2.24, 2.45) is 0 Å². The van der Waals surface area contributed by atoms with E-state index in [9.17, 15) is 14.9 Å². The molecule has 2 aromatic carbocycles. The van der Waals surface area contributed by atoms with E-state index in [2.05, 4.69) is 20.4 Å². The molecule has 168 valence electrons. The lowest BCUT2D eigenvalue weighted by molar-refractivity contribution is -0.383. The molecule has 0 saturated heterocycles. The maximum atomic E-state index is 12.1. The molecule has 1 saturated carbocycles.